The van der Waals surface area contributed by atoms with Gasteiger partial charge in [-0.3, -0.25) is 9.48 Å². The van der Waals surface area contributed by atoms with Gasteiger partial charge < -0.3 is 10.4 Å². The van der Waals surface area contributed by atoms with Crippen LogP contribution in [0.25, 0.3) is 0 Å². The molecular weight excluding hydrogens is 189 g/mol. The molecule has 0 fully saturated rings. The highest BCUT2D eigenvalue weighted by Gasteiger charge is 2.05. The first-order valence-electron chi connectivity index (χ1n) is 4.19. The zero-order valence-electron chi connectivity index (χ0n) is 7.83. The summed E-state index contributed by atoms with van der Waals surface area (Å²) in [5.41, 5.74) is 1.29. The van der Waals surface area contributed by atoms with Crippen LogP contribution in [0.5, 0.6) is 0 Å². The maximum absolute atomic E-state index is 12.0. The second-order valence-corrected chi connectivity index (χ2v) is 2.83. The number of hydrogen-bond donors (Lipinski definition) is 2. The molecule has 0 amide bonds. The number of alkyl halides is 1. The van der Waals surface area contributed by atoms with Gasteiger partial charge in [0.25, 0.3) is 0 Å². The molecule has 2 N–H and O–H groups in total. The van der Waals surface area contributed by atoms with E-state index in [1.54, 1.807) is 13.1 Å². The van der Waals surface area contributed by atoms with Crippen LogP contribution in [-0.2, 0) is 11.3 Å². The molecular formula is C8H12FN3O2. The van der Waals surface area contributed by atoms with E-state index < -0.39 is 12.6 Å². The SMILES string of the molecule is Cc1nn(CCF)cc1NCC(=O)O. The summed E-state index contributed by atoms with van der Waals surface area (Å²) in [6.07, 6.45) is 1.60. The molecule has 0 radical (unpaired) electrons. The highest BCUT2D eigenvalue weighted by molar-refractivity contribution is 5.72. The number of anilines is 1. The fraction of sp³-hybridized carbons (Fsp3) is 0.500. The van der Waals surface area contributed by atoms with Crippen molar-refractivity contribution in [2.45, 2.75) is 13.5 Å². The molecule has 0 unspecified atom stereocenters. The summed E-state index contributed by atoms with van der Waals surface area (Å²) in [6.45, 7) is 1.27. The van der Waals surface area contributed by atoms with E-state index in [4.69, 9.17) is 5.11 Å². The molecule has 0 aliphatic heterocycles. The molecule has 14 heavy (non-hydrogen) atoms. The van der Waals surface area contributed by atoms with Crippen LogP contribution >= 0.6 is 0 Å². The molecule has 5 nitrogen and oxygen atoms in total. The van der Waals surface area contributed by atoms with Crippen LogP contribution in [0.4, 0.5) is 10.1 Å². The van der Waals surface area contributed by atoms with Crippen LogP contribution in [-0.4, -0.2) is 34.1 Å². The van der Waals surface area contributed by atoms with Crippen LogP contribution in [0.3, 0.4) is 0 Å². The third-order valence-corrected chi connectivity index (χ3v) is 1.69. The lowest BCUT2D eigenvalue weighted by Gasteiger charge is -1.98. The molecule has 1 rings (SSSR count). The summed E-state index contributed by atoms with van der Waals surface area (Å²) in [5, 5.41) is 15.1. The lowest BCUT2D eigenvalue weighted by atomic mass is 10.4. The van der Waals surface area contributed by atoms with Crippen molar-refractivity contribution in [2.75, 3.05) is 18.5 Å². The van der Waals surface area contributed by atoms with Gasteiger partial charge in [0.1, 0.15) is 13.2 Å². The Morgan fingerprint density at radius 3 is 3.07 bits per heavy atom. The van der Waals surface area contributed by atoms with Gasteiger partial charge in [0.2, 0.25) is 0 Å². The van der Waals surface area contributed by atoms with E-state index >= 15 is 0 Å². The Bertz CT molecular complexity index is 324. The van der Waals surface area contributed by atoms with Crippen LogP contribution < -0.4 is 5.32 Å². The standard InChI is InChI=1S/C8H12FN3O2/c1-6-7(10-4-8(13)14)5-12(11-6)3-2-9/h5,10H,2-4H2,1H3,(H,13,14). The van der Waals surface area contributed by atoms with E-state index in [1.165, 1.54) is 4.68 Å². The van der Waals surface area contributed by atoms with Gasteiger partial charge >= 0.3 is 5.97 Å². The first-order valence-corrected chi connectivity index (χ1v) is 4.19. The summed E-state index contributed by atoms with van der Waals surface area (Å²) in [7, 11) is 0. The van der Waals surface area contributed by atoms with Crippen molar-refractivity contribution in [1.82, 2.24) is 9.78 Å². The van der Waals surface area contributed by atoms with Crippen LogP contribution in [0, 0.1) is 6.92 Å². The first-order chi connectivity index (χ1) is 6.63. The molecule has 0 aromatic carbocycles. The monoisotopic (exact) mass is 201 g/mol. The van der Waals surface area contributed by atoms with E-state index in [-0.39, 0.29) is 13.1 Å². The van der Waals surface area contributed by atoms with Crippen molar-refractivity contribution in [3.05, 3.63) is 11.9 Å². The van der Waals surface area contributed by atoms with Crippen molar-refractivity contribution < 1.29 is 14.3 Å². The average molecular weight is 201 g/mol. The maximum atomic E-state index is 12.0. The summed E-state index contributed by atoms with van der Waals surface area (Å²) in [4.78, 5) is 10.3. The predicted octanol–water partition coefficient (Wildman–Crippen LogP) is 0.658. The molecule has 1 aromatic heterocycles. The van der Waals surface area contributed by atoms with Crippen molar-refractivity contribution in [3.63, 3.8) is 0 Å². The highest BCUT2D eigenvalue weighted by atomic mass is 19.1. The largest absolute Gasteiger partial charge is 0.480 e. The number of nitrogens with one attached hydrogen (secondary N) is 1. The average Bonchev–Trinajstić information content (AvgIpc) is 2.44. The number of halogens is 1. The number of carbonyl (C=O) groups is 1. The smallest absolute Gasteiger partial charge is 0.322 e. The highest BCUT2D eigenvalue weighted by Crippen LogP contribution is 2.11. The molecule has 78 valence electrons. The molecule has 0 saturated carbocycles. The lowest BCUT2D eigenvalue weighted by Crippen LogP contribution is -2.12. The van der Waals surface area contributed by atoms with Crippen molar-refractivity contribution >= 4 is 11.7 Å². The normalized spacial score (nSPS) is 10.1. The van der Waals surface area contributed by atoms with Crippen molar-refractivity contribution in [1.29, 1.82) is 0 Å². The number of aryl methyl sites for hydroxylation is 2. The first kappa shape index (κ1) is 10.5. The molecule has 0 aliphatic rings. The van der Waals surface area contributed by atoms with Gasteiger partial charge in [-0.15, -0.1) is 0 Å². The third kappa shape index (κ3) is 2.72. The van der Waals surface area contributed by atoms with Gasteiger partial charge in [-0.1, -0.05) is 0 Å². The van der Waals surface area contributed by atoms with Gasteiger partial charge in [-0.2, -0.15) is 5.10 Å². The summed E-state index contributed by atoms with van der Waals surface area (Å²) in [5.74, 6) is -0.942. The Labute approximate surface area is 80.5 Å². The molecule has 0 bridgehead atoms. The Hall–Kier alpha value is -1.59. The number of rotatable bonds is 5. The minimum atomic E-state index is -0.942. The Kier molecular flexibility index (Phi) is 3.44. The number of carboxylic acids is 1. The Balaban J connectivity index is 2.62. The van der Waals surface area contributed by atoms with Crippen LogP contribution in [0.15, 0.2) is 6.20 Å². The third-order valence-electron chi connectivity index (χ3n) is 1.69. The molecule has 0 spiro atoms. The Morgan fingerprint density at radius 2 is 2.50 bits per heavy atom. The zero-order valence-corrected chi connectivity index (χ0v) is 7.83. The van der Waals surface area contributed by atoms with Crippen LogP contribution in [0.2, 0.25) is 0 Å². The van der Waals surface area contributed by atoms with Gasteiger partial charge in [0.05, 0.1) is 17.9 Å². The van der Waals surface area contributed by atoms with E-state index in [0.717, 1.165) is 0 Å². The summed E-state index contributed by atoms with van der Waals surface area (Å²) >= 11 is 0. The molecule has 1 heterocycles. The Morgan fingerprint density at radius 1 is 1.79 bits per heavy atom. The topological polar surface area (TPSA) is 67.2 Å². The van der Waals surface area contributed by atoms with Gasteiger partial charge in [0.15, 0.2) is 0 Å². The van der Waals surface area contributed by atoms with E-state index in [0.29, 0.717) is 11.4 Å². The number of carboxylic acid groups (broad SMARTS) is 1. The maximum Gasteiger partial charge on any atom is 0.322 e. The molecule has 0 saturated heterocycles. The molecule has 0 aliphatic carbocycles. The number of aromatic nitrogens is 2. The minimum absolute atomic E-state index is 0.165. The summed E-state index contributed by atoms with van der Waals surface area (Å²) in [6, 6.07) is 0. The van der Waals surface area contributed by atoms with Crippen LogP contribution in [0.1, 0.15) is 5.69 Å². The van der Waals surface area contributed by atoms with Gasteiger partial charge in [0, 0.05) is 6.20 Å². The predicted molar refractivity (Wildman–Crippen MR) is 49.1 cm³/mol. The molecule has 1 aromatic rings. The molecule has 6 heteroatoms. The second kappa shape index (κ2) is 4.59. The van der Waals surface area contributed by atoms with E-state index in [9.17, 15) is 9.18 Å². The number of nitrogens with zero attached hydrogens (tertiary/aromatic N) is 2. The summed E-state index contributed by atoms with van der Waals surface area (Å²) < 4.78 is 13.4. The zero-order chi connectivity index (χ0) is 10.6. The van der Waals surface area contributed by atoms with Crippen molar-refractivity contribution in [2.24, 2.45) is 0 Å². The van der Waals surface area contributed by atoms with Crippen molar-refractivity contribution in [3.8, 4) is 0 Å². The molecule has 0 atom stereocenters. The van der Waals surface area contributed by atoms with Gasteiger partial charge in [-0.05, 0) is 6.92 Å². The number of hydrogen-bond acceptors (Lipinski definition) is 3. The second-order valence-electron chi connectivity index (χ2n) is 2.83. The fourth-order valence-electron chi connectivity index (χ4n) is 1.06. The fourth-order valence-corrected chi connectivity index (χ4v) is 1.06. The minimum Gasteiger partial charge on any atom is -0.480 e. The quantitative estimate of drug-likeness (QED) is 0.734. The van der Waals surface area contributed by atoms with E-state index in [2.05, 4.69) is 10.4 Å². The lowest BCUT2D eigenvalue weighted by molar-refractivity contribution is -0.134. The van der Waals surface area contributed by atoms with Gasteiger partial charge in [-0.25, -0.2) is 4.39 Å². The number of aliphatic carboxylic acids is 1. The van der Waals surface area contributed by atoms with E-state index in [1.807, 2.05) is 0 Å².